The highest BCUT2D eigenvalue weighted by Gasteiger charge is 2.38. The normalized spacial score (nSPS) is 11.9. The van der Waals surface area contributed by atoms with Gasteiger partial charge in [0.1, 0.15) is 11.4 Å². The van der Waals surface area contributed by atoms with E-state index in [2.05, 4.69) is 15.1 Å². The number of imidazole rings is 1. The van der Waals surface area contributed by atoms with Crippen LogP contribution in [-0.2, 0) is 26.8 Å². The Labute approximate surface area is 200 Å². The van der Waals surface area contributed by atoms with Gasteiger partial charge in [0.25, 0.3) is 0 Å². The molecule has 13 heteroatoms. The number of benzene rings is 1. The van der Waals surface area contributed by atoms with Crippen LogP contribution < -0.4 is 22.0 Å². The third kappa shape index (κ3) is 3.74. The molecule has 0 atom stereocenters. The number of aromatic amines is 1. The van der Waals surface area contributed by atoms with Crippen LogP contribution in [-0.4, -0.2) is 28.3 Å². The van der Waals surface area contributed by atoms with Crippen molar-refractivity contribution in [2.24, 2.45) is 14.1 Å². The Kier molecular flexibility index (Phi) is 5.27. The molecule has 0 aliphatic carbocycles. The first-order valence-electron chi connectivity index (χ1n) is 10.7. The van der Waals surface area contributed by atoms with Gasteiger partial charge in [-0.15, -0.1) is 9.50 Å². The quantitative estimate of drug-likeness (QED) is 0.406. The van der Waals surface area contributed by atoms with E-state index in [1.165, 1.54) is 17.7 Å². The van der Waals surface area contributed by atoms with Crippen molar-refractivity contribution in [1.82, 2.24) is 28.3 Å². The summed E-state index contributed by atoms with van der Waals surface area (Å²) in [5.41, 5.74) is 6.22. The Morgan fingerprint density at radius 2 is 1.72 bits per heavy atom. The highest BCUT2D eigenvalue weighted by Crippen LogP contribution is 2.33. The lowest BCUT2D eigenvalue weighted by molar-refractivity contribution is -0.351. The molecule has 0 spiro atoms. The molecule has 0 fully saturated rings. The molecule has 0 unspecified atom stereocenters. The molecule has 5 aromatic rings. The molecule has 1 aromatic carbocycles. The highest BCUT2D eigenvalue weighted by molar-refractivity contribution is 5.88. The molecule has 0 radical (unpaired) electrons. The molecule has 0 saturated carbocycles. The van der Waals surface area contributed by atoms with E-state index in [4.69, 9.17) is 5.73 Å². The van der Waals surface area contributed by atoms with Crippen LogP contribution in [0, 0.1) is 0 Å². The number of pyridine rings is 1. The summed E-state index contributed by atoms with van der Waals surface area (Å²) in [6.45, 7) is -0.525. The summed E-state index contributed by atoms with van der Waals surface area (Å²) in [6, 6.07) is 12.1. The van der Waals surface area contributed by atoms with E-state index >= 15 is 0 Å². The van der Waals surface area contributed by atoms with Gasteiger partial charge in [-0.25, -0.2) is 14.8 Å². The lowest BCUT2D eigenvalue weighted by Gasteiger charge is -2.10. The largest absolute Gasteiger partial charge is 0.433 e. The van der Waals surface area contributed by atoms with Crippen molar-refractivity contribution in [2.45, 2.75) is 12.7 Å². The van der Waals surface area contributed by atoms with Gasteiger partial charge in [0.2, 0.25) is 11.2 Å². The minimum Gasteiger partial charge on any atom is -0.330 e. The van der Waals surface area contributed by atoms with E-state index in [1.54, 1.807) is 19.3 Å². The van der Waals surface area contributed by atoms with Crippen LogP contribution in [0.5, 0.6) is 0 Å². The van der Waals surface area contributed by atoms with Crippen LogP contribution >= 0.6 is 0 Å². The Morgan fingerprint density at radius 3 is 2.39 bits per heavy atom. The zero-order valence-electron chi connectivity index (χ0n) is 19.1. The molecule has 36 heavy (non-hydrogen) atoms. The number of hydrogen-bond acceptors (Lipinski definition) is 5. The van der Waals surface area contributed by atoms with E-state index in [9.17, 15) is 22.8 Å². The Balaban J connectivity index is 1.80. The Hall–Kier alpha value is -4.68. The van der Waals surface area contributed by atoms with Gasteiger partial charge >= 0.3 is 17.8 Å². The minimum absolute atomic E-state index is 0.0641. The number of nitrogens with one attached hydrogen (secondary N) is 1. The molecule has 0 bridgehead atoms. The minimum atomic E-state index is -4.67. The van der Waals surface area contributed by atoms with Crippen molar-refractivity contribution in [3.63, 3.8) is 0 Å². The second kappa shape index (κ2) is 8.22. The number of aromatic nitrogens is 7. The first kappa shape index (κ1) is 23.1. The van der Waals surface area contributed by atoms with Gasteiger partial charge in [-0.2, -0.15) is 17.9 Å². The standard InChI is InChI=1S/C23H19F3N8O2/c1-31-10-14(8-9-16(31)35)17-18(13-6-4-3-5-7-13)29-21(27)34-20(17)30-33(22(34)36)11-15-19(23(24,25)26)32(2)12-28-15/h3-10,12H,11H2,1-2H3,(H2,27,29)/p+1. The Bertz CT molecular complexity index is 1730. The maximum Gasteiger partial charge on any atom is 0.433 e. The fourth-order valence-electron chi connectivity index (χ4n) is 4.18. The molecule has 4 heterocycles. The molecule has 184 valence electrons. The average Bonchev–Trinajstić information content (AvgIpc) is 3.36. The topological polar surface area (TPSA) is 119 Å². The van der Waals surface area contributed by atoms with Gasteiger partial charge < -0.3 is 9.13 Å². The van der Waals surface area contributed by atoms with Crippen LogP contribution in [0.3, 0.4) is 0 Å². The van der Waals surface area contributed by atoms with Crippen LogP contribution in [0.1, 0.15) is 11.4 Å². The molecule has 0 amide bonds. The lowest BCUT2D eigenvalue weighted by Crippen LogP contribution is -2.28. The van der Waals surface area contributed by atoms with Crippen molar-refractivity contribution in [3.05, 3.63) is 87.2 Å². The number of rotatable bonds is 4. The van der Waals surface area contributed by atoms with Gasteiger partial charge in [0.15, 0.2) is 0 Å². The van der Waals surface area contributed by atoms with Crippen molar-refractivity contribution >= 4 is 11.6 Å². The van der Waals surface area contributed by atoms with Crippen molar-refractivity contribution in [2.75, 3.05) is 5.73 Å². The smallest absolute Gasteiger partial charge is 0.330 e. The number of H-pyrrole nitrogens is 1. The third-order valence-electron chi connectivity index (χ3n) is 5.82. The second-order valence-electron chi connectivity index (χ2n) is 8.24. The van der Waals surface area contributed by atoms with Gasteiger partial charge in [0, 0.05) is 37.5 Å². The number of nitrogens with two attached hydrogens (primary N) is 1. The van der Waals surface area contributed by atoms with Crippen LogP contribution in [0.15, 0.2) is 64.6 Å². The summed E-state index contributed by atoms with van der Waals surface area (Å²) < 4.78 is 44.9. The summed E-state index contributed by atoms with van der Waals surface area (Å²) in [6.07, 6.45) is -2.06. The highest BCUT2D eigenvalue weighted by atomic mass is 19.4. The predicted octanol–water partition coefficient (Wildman–Crippen LogP) is 1.73. The Morgan fingerprint density at radius 1 is 1.00 bits per heavy atom. The number of halogens is 3. The number of nitrogens with zero attached hydrogens (tertiary/aromatic N) is 6. The summed E-state index contributed by atoms with van der Waals surface area (Å²) in [4.78, 5) is 32.1. The molecule has 5 rings (SSSR count). The number of fused-ring (bicyclic) bond motifs is 1. The maximum absolute atomic E-state index is 13.6. The zero-order chi connectivity index (χ0) is 25.8. The van der Waals surface area contributed by atoms with Gasteiger partial charge in [-0.1, -0.05) is 30.3 Å². The number of alkyl halides is 3. The lowest BCUT2D eigenvalue weighted by atomic mass is 10.0. The van der Waals surface area contributed by atoms with Crippen molar-refractivity contribution < 1.29 is 18.2 Å². The predicted molar refractivity (Wildman–Crippen MR) is 124 cm³/mol. The molecule has 3 N–H and O–H groups in total. The third-order valence-corrected chi connectivity index (χ3v) is 5.82. The van der Waals surface area contributed by atoms with Gasteiger partial charge in [-0.05, 0) is 6.07 Å². The number of anilines is 1. The molecule has 4 aromatic heterocycles. The van der Waals surface area contributed by atoms with Crippen LogP contribution in [0.25, 0.3) is 28.0 Å². The molecule has 10 nitrogen and oxygen atoms in total. The van der Waals surface area contributed by atoms with Crippen LogP contribution in [0.2, 0.25) is 0 Å². The van der Waals surface area contributed by atoms with E-state index in [0.717, 1.165) is 25.5 Å². The number of nitrogen functional groups attached to an aromatic ring is 1. The fourth-order valence-corrected chi connectivity index (χ4v) is 4.18. The van der Waals surface area contributed by atoms with Crippen molar-refractivity contribution in [3.8, 4) is 22.4 Å². The number of hydrogen-bond donors (Lipinski definition) is 1. The fraction of sp³-hybridized carbons (Fsp3) is 0.174. The van der Waals surface area contributed by atoms with Gasteiger partial charge in [0.05, 0.1) is 24.1 Å². The zero-order valence-corrected chi connectivity index (χ0v) is 19.1. The average molecular weight is 497 g/mol. The van der Waals surface area contributed by atoms with Crippen LogP contribution in [0.4, 0.5) is 19.1 Å². The van der Waals surface area contributed by atoms with E-state index in [1.807, 2.05) is 30.3 Å². The second-order valence-corrected chi connectivity index (χ2v) is 8.24. The first-order chi connectivity index (χ1) is 17.1. The molecule has 0 saturated heterocycles. The maximum atomic E-state index is 13.6. The molecular formula is C23H20F3N8O2+. The summed E-state index contributed by atoms with van der Waals surface area (Å²) in [5.74, 6) is -0.0641. The van der Waals surface area contributed by atoms with E-state index < -0.39 is 24.1 Å². The van der Waals surface area contributed by atoms with Crippen molar-refractivity contribution in [1.29, 1.82) is 0 Å². The molecular weight excluding hydrogens is 477 g/mol. The SMILES string of the molecule is Cn1cnc(Cn2nc3c(-c4ccc(=O)n(C)c4)c(-c4ccccc4)[nH+]c(N)n3c2=O)c1C(F)(F)F. The first-order valence-corrected chi connectivity index (χ1v) is 10.7. The molecule has 0 aliphatic heterocycles. The monoisotopic (exact) mass is 497 g/mol. The summed E-state index contributed by atoms with van der Waals surface area (Å²) in [5, 5.41) is 4.38. The number of aryl methyl sites for hydroxylation is 2. The molecule has 0 aliphatic rings. The van der Waals surface area contributed by atoms with E-state index in [0.29, 0.717) is 16.8 Å². The van der Waals surface area contributed by atoms with Gasteiger partial charge in [-0.3, -0.25) is 10.5 Å². The summed E-state index contributed by atoms with van der Waals surface area (Å²) >= 11 is 0. The summed E-state index contributed by atoms with van der Waals surface area (Å²) in [7, 11) is 2.80. The van der Waals surface area contributed by atoms with E-state index in [-0.39, 0.29) is 22.8 Å².